The van der Waals surface area contributed by atoms with Crippen LogP contribution in [-0.2, 0) is 0 Å². The van der Waals surface area contributed by atoms with E-state index >= 15 is 0 Å². The van der Waals surface area contributed by atoms with Crippen molar-refractivity contribution in [2.45, 2.75) is 58.4 Å². The number of aromatic nitrogens is 1. The third-order valence-electron chi connectivity index (χ3n) is 4.79. The first-order valence-corrected chi connectivity index (χ1v) is 9.10. The second-order valence-electron chi connectivity index (χ2n) is 6.60. The van der Waals surface area contributed by atoms with Crippen molar-refractivity contribution in [3.8, 4) is 0 Å². The van der Waals surface area contributed by atoms with Gasteiger partial charge in [-0.3, -0.25) is 14.6 Å². The Morgan fingerprint density at radius 3 is 2.71 bits per heavy atom. The molecule has 0 aromatic carbocycles. The average Bonchev–Trinajstić information content (AvgIpc) is 2.64. The summed E-state index contributed by atoms with van der Waals surface area (Å²) < 4.78 is 0. The number of hydrogen-bond donors (Lipinski definition) is 0. The number of rotatable bonds is 6. The maximum atomic E-state index is 12.8. The number of pyridine rings is 1. The lowest BCUT2D eigenvalue weighted by Crippen LogP contribution is -2.43. The zero-order chi connectivity index (χ0) is 17.5. The summed E-state index contributed by atoms with van der Waals surface area (Å²) in [6, 6.07) is 2.00. The third kappa shape index (κ3) is 4.34. The van der Waals surface area contributed by atoms with E-state index in [0.717, 1.165) is 45.2 Å². The quantitative estimate of drug-likeness (QED) is 0.803. The summed E-state index contributed by atoms with van der Waals surface area (Å²) >= 11 is 0. The van der Waals surface area contributed by atoms with E-state index in [0.29, 0.717) is 17.2 Å². The van der Waals surface area contributed by atoms with Crippen molar-refractivity contribution < 1.29 is 9.59 Å². The molecule has 1 aliphatic rings. The maximum absolute atomic E-state index is 12.8. The van der Waals surface area contributed by atoms with Crippen LogP contribution in [0.3, 0.4) is 0 Å². The highest BCUT2D eigenvalue weighted by atomic mass is 16.2. The van der Waals surface area contributed by atoms with Crippen LogP contribution in [-0.4, -0.2) is 52.8 Å². The van der Waals surface area contributed by atoms with E-state index in [-0.39, 0.29) is 11.8 Å². The third-order valence-corrected chi connectivity index (χ3v) is 4.79. The summed E-state index contributed by atoms with van der Waals surface area (Å²) in [5.74, 6) is -0.0730. The standard InChI is InChI=1S/C19H29N3O2/c1-4-6-10-21(3)18(23)15-12-16(14-20-13-15)19(24)22-11-8-7-9-17(22)5-2/h12-14,17H,4-11H2,1-3H3. The Morgan fingerprint density at radius 2 is 2.00 bits per heavy atom. The molecule has 2 amide bonds. The molecule has 1 aromatic heterocycles. The highest BCUT2D eigenvalue weighted by molar-refractivity contribution is 5.99. The molecule has 1 atom stereocenters. The van der Waals surface area contributed by atoms with Gasteiger partial charge >= 0.3 is 0 Å². The van der Waals surface area contributed by atoms with Gasteiger partial charge in [-0.15, -0.1) is 0 Å². The molecule has 0 bridgehead atoms. The summed E-state index contributed by atoms with van der Waals surface area (Å²) in [7, 11) is 1.80. The Morgan fingerprint density at radius 1 is 1.25 bits per heavy atom. The monoisotopic (exact) mass is 331 g/mol. The van der Waals surface area contributed by atoms with Crippen molar-refractivity contribution in [2.75, 3.05) is 20.1 Å². The molecule has 0 aliphatic carbocycles. The fourth-order valence-corrected chi connectivity index (χ4v) is 3.25. The van der Waals surface area contributed by atoms with E-state index in [1.807, 2.05) is 4.90 Å². The Labute approximate surface area is 145 Å². The van der Waals surface area contributed by atoms with E-state index in [1.54, 1.807) is 30.4 Å². The van der Waals surface area contributed by atoms with Gasteiger partial charge in [-0.2, -0.15) is 0 Å². The van der Waals surface area contributed by atoms with Crippen LogP contribution >= 0.6 is 0 Å². The van der Waals surface area contributed by atoms with Crippen LogP contribution in [0.5, 0.6) is 0 Å². The predicted molar refractivity (Wildman–Crippen MR) is 95.1 cm³/mol. The molecule has 5 nitrogen and oxygen atoms in total. The van der Waals surface area contributed by atoms with Gasteiger partial charge in [0.15, 0.2) is 0 Å². The number of unbranched alkanes of at least 4 members (excludes halogenated alkanes) is 1. The number of nitrogens with zero attached hydrogens (tertiary/aromatic N) is 3. The van der Waals surface area contributed by atoms with E-state index in [1.165, 1.54) is 6.42 Å². The van der Waals surface area contributed by atoms with Crippen LogP contribution in [0.1, 0.15) is 73.1 Å². The lowest BCUT2D eigenvalue weighted by Gasteiger charge is -2.35. The van der Waals surface area contributed by atoms with Gasteiger partial charge in [-0.05, 0) is 38.2 Å². The van der Waals surface area contributed by atoms with Gasteiger partial charge in [0.1, 0.15) is 0 Å². The molecule has 24 heavy (non-hydrogen) atoms. The van der Waals surface area contributed by atoms with Gasteiger partial charge in [0.05, 0.1) is 11.1 Å². The first-order chi connectivity index (χ1) is 11.6. The summed E-state index contributed by atoms with van der Waals surface area (Å²) in [6.07, 6.45) is 9.41. The number of carbonyl (C=O) groups is 2. The number of hydrogen-bond acceptors (Lipinski definition) is 3. The van der Waals surface area contributed by atoms with Crippen LogP contribution in [0.25, 0.3) is 0 Å². The molecule has 5 heteroatoms. The van der Waals surface area contributed by atoms with Crippen molar-refractivity contribution in [1.29, 1.82) is 0 Å². The Bertz CT molecular complexity index is 573. The van der Waals surface area contributed by atoms with Gasteiger partial charge in [0.2, 0.25) is 0 Å². The molecular formula is C19H29N3O2. The van der Waals surface area contributed by atoms with E-state index in [4.69, 9.17) is 0 Å². The topological polar surface area (TPSA) is 53.5 Å². The van der Waals surface area contributed by atoms with E-state index < -0.39 is 0 Å². The molecule has 1 aromatic rings. The normalized spacial score (nSPS) is 17.6. The average molecular weight is 331 g/mol. The van der Waals surface area contributed by atoms with E-state index in [2.05, 4.69) is 18.8 Å². The van der Waals surface area contributed by atoms with Crippen molar-refractivity contribution in [3.05, 3.63) is 29.6 Å². The summed E-state index contributed by atoms with van der Waals surface area (Å²) in [6.45, 7) is 5.74. The van der Waals surface area contributed by atoms with Crippen molar-refractivity contribution in [3.63, 3.8) is 0 Å². The lowest BCUT2D eigenvalue weighted by atomic mass is 9.99. The minimum absolute atomic E-state index is 0.0000822. The van der Waals surface area contributed by atoms with Crippen LogP contribution < -0.4 is 0 Å². The molecule has 0 N–H and O–H groups in total. The second kappa shape index (κ2) is 8.81. The molecule has 1 fully saturated rings. The van der Waals surface area contributed by atoms with Gasteiger partial charge in [-0.25, -0.2) is 0 Å². The predicted octanol–water partition coefficient (Wildman–Crippen LogP) is 3.36. The van der Waals surface area contributed by atoms with Crippen LogP contribution in [0.2, 0.25) is 0 Å². The fourth-order valence-electron chi connectivity index (χ4n) is 3.25. The summed E-state index contributed by atoms with van der Waals surface area (Å²) in [5, 5.41) is 0. The van der Waals surface area contributed by atoms with Gasteiger partial charge < -0.3 is 9.80 Å². The van der Waals surface area contributed by atoms with Gasteiger partial charge in [-0.1, -0.05) is 20.3 Å². The number of piperidine rings is 1. The SMILES string of the molecule is CCCCN(C)C(=O)c1cncc(C(=O)N2CCCCC2CC)c1. The first kappa shape index (κ1) is 18.4. The second-order valence-corrected chi connectivity index (χ2v) is 6.60. The van der Waals surface area contributed by atoms with Crippen LogP contribution in [0, 0.1) is 0 Å². The molecule has 132 valence electrons. The number of likely N-dealkylation sites (tertiary alicyclic amines) is 1. The maximum Gasteiger partial charge on any atom is 0.255 e. The minimum Gasteiger partial charge on any atom is -0.342 e. The van der Waals surface area contributed by atoms with Crippen LogP contribution in [0.15, 0.2) is 18.5 Å². The zero-order valence-corrected chi connectivity index (χ0v) is 15.1. The lowest BCUT2D eigenvalue weighted by molar-refractivity contribution is 0.0607. The minimum atomic E-state index is -0.0729. The Kier molecular flexibility index (Phi) is 6.76. The van der Waals surface area contributed by atoms with Gasteiger partial charge in [0.25, 0.3) is 11.8 Å². The summed E-state index contributed by atoms with van der Waals surface area (Å²) in [5.41, 5.74) is 1.01. The van der Waals surface area contributed by atoms with Gasteiger partial charge in [0, 0.05) is 38.6 Å². The highest BCUT2D eigenvalue weighted by Crippen LogP contribution is 2.22. The number of amides is 2. The molecular weight excluding hydrogens is 302 g/mol. The molecule has 1 aliphatic heterocycles. The fraction of sp³-hybridized carbons (Fsp3) is 0.632. The molecule has 2 heterocycles. The largest absolute Gasteiger partial charge is 0.342 e. The first-order valence-electron chi connectivity index (χ1n) is 9.10. The molecule has 2 rings (SSSR count). The Balaban J connectivity index is 2.14. The molecule has 1 saturated heterocycles. The molecule has 1 unspecified atom stereocenters. The Hall–Kier alpha value is -1.91. The van der Waals surface area contributed by atoms with Crippen molar-refractivity contribution in [2.24, 2.45) is 0 Å². The molecule has 0 saturated carbocycles. The number of carbonyl (C=O) groups excluding carboxylic acids is 2. The smallest absolute Gasteiger partial charge is 0.255 e. The molecule has 0 spiro atoms. The van der Waals surface area contributed by atoms with E-state index in [9.17, 15) is 9.59 Å². The summed E-state index contributed by atoms with van der Waals surface area (Å²) in [4.78, 5) is 33.1. The highest BCUT2D eigenvalue weighted by Gasteiger charge is 2.27. The van der Waals surface area contributed by atoms with Crippen molar-refractivity contribution in [1.82, 2.24) is 14.8 Å². The zero-order valence-electron chi connectivity index (χ0n) is 15.1. The van der Waals surface area contributed by atoms with Crippen LogP contribution in [0.4, 0.5) is 0 Å². The van der Waals surface area contributed by atoms with Crippen molar-refractivity contribution >= 4 is 11.8 Å². The molecule has 0 radical (unpaired) electrons.